The third-order valence-corrected chi connectivity index (χ3v) is 2.15. The summed E-state index contributed by atoms with van der Waals surface area (Å²) < 4.78 is 5.24. The Morgan fingerprint density at radius 1 is 1.50 bits per heavy atom. The Bertz CT molecular complexity index is 486. The van der Waals surface area contributed by atoms with Gasteiger partial charge < -0.3 is 9.73 Å². The predicted molar refractivity (Wildman–Crippen MR) is 47.4 cm³/mol. The van der Waals surface area contributed by atoms with Crippen LogP contribution < -0.4 is 10.2 Å². The molecule has 70 valence electrons. The number of hydrogen-bond acceptors (Lipinski definition) is 5. The molecule has 3 heterocycles. The molecule has 6 heteroatoms. The lowest BCUT2D eigenvalue weighted by molar-refractivity contribution is -0.378. The van der Waals surface area contributed by atoms with Crippen LogP contribution in [0.4, 0.5) is 5.88 Å². The Morgan fingerprint density at radius 3 is 3.14 bits per heavy atom. The Morgan fingerprint density at radius 2 is 2.36 bits per heavy atom. The molecule has 1 aromatic rings. The molecule has 0 aromatic carbocycles. The lowest BCUT2D eigenvalue weighted by Crippen LogP contribution is -2.23. The van der Waals surface area contributed by atoms with Gasteiger partial charge in [0.2, 0.25) is 17.5 Å². The Balaban J connectivity index is 2.27. The first kappa shape index (κ1) is 7.19. The molecule has 1 aromatic heterocycles. The topological polar surface area (TPSA) is 71.6 Å². The second kappa shape index (κ2) is 2.16. The molecule has 0 radical (unpaired) electrons. The van der Waals surface area contributed by atoms with Crippen molar-refractivity contribution in [1.82, 2.24) is 5.32 Å². The van der Waals surface area contributed by atoms with E-state index in [2.05, 4.69) is 5.32 Å². The minimum Gasteiger partial charge on any atom is -0.433 e. The molecular weight excluding hydrogens is 186 g/mol. The summed E-state index contributed by atoms with van der Waals surface area (Å²) >= 11 is 0. The second-order valence-corrected chi connectivity index (χ2v) is 2.92. The fraction of sp³-hybridized carbons (Fsp3) is 0. The van der Waals surface area contributed by atoms with E-state index < -0.39 is 4.92 Å². The SMILES string of the molecule is O=[N+]([O-])C1=C2NC=CN2c2ccc1o2. The largest absolute Gasteiger partial charge is 0.433 e. The number of nitro groups is 1. The summed E-state index contributed by atoms with van der Waals surface area (Å²) in [4.78, 5) is 11.9. The Hall–Kier alpha value is -2.24. The highest BCUT2D eigenvalue weighted by Crippen LogP contribution is 2.36. The van der Waals surface area contributed by atoms with Crippen molar-refractivity contribution in [2.45, 2.75) is 0 Å². The van der Waals surface area contributed by atoms with Crippen LogP contribution >= 0.6 is 0 Å². The molecule has 6 nitrogen and oxygen atoms in total. The minimum atomic E-state index is -0.454. The van der Waals surface area contributed by atoms with Gasteiger partial charge >= 0.3 is 5.70 Å². The molecule has 0 saturated carbocycles. The molecule has 3 rings (SSSR count). The molecule has 0 atom stereocenters. The van der Waals surface area contributed by atoms with Crippen LogP contribution in [0.25, 0.3) is 5.70 Å². The first-order chi connectivity index (χ1) is 6.77. The van der Waals surface area contributed by atoms with Gasteiger partial charge in [-0.05, 0) is 6.07 Å². The minimum absolute atomic E-state index is 0.0347. The van der Waals surface area contributed by atoms with Crippen LogP contribution in [-0.2, 0) is 0 Å². The summed E-state index contributed by atoms with van der Waals surface area (Å²) in [6.45, 7) is 0. The van der Waals surface area contributed by atoms with Crippen LogP contribution in [-0.4, -0.2) is 4.92 Å². The summed E-state index contributed by atoms with van der Waals surface area (Å²) in [5.41, 5.74) is -0.0347. The fourth-order valence-electron chi connectivity index (χ4n) is 1.58. The fourth-order valence-corrected chi connectivity index (χ4v) is 1.58. The maximum atomic E-state index is 10.8. The average Bonchev–Trinajstić information content (AvgIpc) is 2.73. The van der Waals surface area contributed by atoms with Gasteiger partial charge in [-0.15, -0.1) is 0 Å². The third-order valence-electron chi connectivity index (χ3n) is 2.15. The van der Waals surface area contributed by atoms with Crippen molar-refractivity contribution in [3.05, 3.63) is 46.2 Å². The van der Waals surface area contributed by atoms with Crippen LogP contribution in [0.1, 0.15) is 5.76 Å². The molecule has 2 aliphatic heterocycles. The standard InChI is InChI=1S/C8H5N3O3/c12-11(13)7-5-1-2-6(14-5)10-4-3-9-8(7)10/h1-4,9H. The second-order valence-electron chi connectivity index (χ2n) is 2.92. The average molecular weight is 191 g/mol. The zero-order chi connectivity index (χ0) is 9.71. The van der Waals surface area contributed by atoms with Crippen LogP contribution in [0.3, 0.4) is 0 Å². The summed E-state index contributed by atoms with van der Waals surface area (Å²) in [6, 6.07) is 3.29. The maximum absolute atomic E-state index is 10.8. The maximum Gasteiger partial charge on any atom is 0.352 e. The molecule has 0 spiro atoms. The van der Waals surface area contributed by atoms with Crippen LogP contribution in [0.15, 0.2) is 34.8 Å². The number of fused-ring (bicyclic) bond motifs is 4. The molecule has 2 bridgehead atoms. The molecule has 0 aliphatic carbocycles. The van der Waals surface area contributed by atoms with E-state index in [1.807, 2.05) is 0 Å². The van der Waals surface area contributed by atoms with Crippen molar-refractivity contribution in [2.75, 3.05) is 4.90 Å². The number of anilines is 1. The van der Waals surface area contributed by atoms with Crippen LogP contribution in [0, 0.1) is 10.1 Å². The van der Waals surface area contributed by atoms with E-state index in [1.165, 1.54) is 0 Å². The van der Waals surface area contributed by atoms with E-state index in [0.717, 1.165) is 0 Å². The monoisotopic (exact) mass is 191 g/mol. The van der Waals surface area contributed by atoms with E-state index in [0.29, 0.717) is 11.7 Å². The highest BCUT2D eigenvalue weighted by atomic mass is 16.6. The molecule has 0 saturated heterocycles. The van der Waals surface area contributed by atoms with E-state index >= 15 is 0 Å². The summed E-state index contributed by atoms with van der Waals surface area (Å²) in [6.07, 6.45) is 3.31. The van der Waals surface area contributed by atoms with Gasteiger partial charge in [0.15, 0.2) is 0 Å². The number of hydrogen-bond donors (Lipinski definition) is 1. The van der Waals surface area contributed by atoms with Crippen molar-refractivity contribution in [3.8, 4) is 0 Å². The van der Waals surface area contributed by atoms with Crippen LogP contribution in [0.2, 0.25) is 0 Å². The van der Waals surface area contributed by atoms with E-state index in [9.17, 15) is 10.1 Å². The van der Waals surface area contributed by atoms with E-state index in [-0.39, 0.29) is 11.5 Å². The molecule has 0 amide bonds. The third kappa shape index (κ3) is 0.698. The van der Waals surface area contributed by atoms with E-state index in [4.69, 9.17) is 4.42 Å². The molecule has 2 aliphatic rings. The first-order valence-electron chi connectivity index (χ1n) is 3.99. The van der Waals surface area contributed by atoms with Crippen molar-refractivity contribution >= 4 is 11.6 Å². The van der Waals surface area contributed by atoms with Crippen molar-refractivity contribution in [2.24, 2.45) is 0 Å². The summed E-state index contributed by atoms with van der Waals surface area (Å²) in [5, 5.41) is 13.6. The normalized spacial score (nSPS) is 17.0. The molecular formula is C8H5N3O3. The summed E-state index contributed by atoms with van der Waals surface area (Å²) in [5.74, 6) is 1.31. The van der Waals surface area contributed by atoms with Gasteiger partial charge in [-0.3, -0.25) is 15.0 Å². The number of nitrogens with one attached hydrogen (secondary N) is 1. The van der Waals surface area contributed by atoms with Crippen LogP contribution in [0.5, 0.6) is 0 Å². The Kier molecular flexibility index (Phi) is 1.11. The van der Waals surface area contributed by atoms with Gasteiger partial charge in [0.1, 0.15) is 0 Å². The number of furan rings is 1. The van der Waals surface area contributed by atoms with Crippen molar-refractivity contribution in [3.63, 3.8) is 0 Å². The molecule has 0 unspecified atom stereocenters. The summed E-state index contributed by atoms with van der Waals surface area (Å²) in [7, 11) is 0. The zero-order valence-electron chi connectivity index (χ0n) is 6.93. The quantitative estimate of drug-likeness (QED) is 0.531. The predicted octanol–water partition coefficient (Wildman–Crippen LogP) is 1.08. The van der Waals surface area contributed by atoms with Crippen molar-refractivity contribution in [1.29, 1.82) is 0 Å². The number of nitrogens with zero attached hydrogens (tertiary/aromatic N) is 2. The van der Waals surface area contributed by atoms with E-state index in [1.54, 1.807) is 29.4 Å². The van der Waals surface area contributed by atoms with Crippen molar-refractivity contribution < 1.29 is 9.34 Å². The first-order valence-corrected chi connectivity index (χ1v) is 3.99. The van der Waals surface area contributed by atoms with Gasteiger partial charge in [0.25, 0.3) is 0 Å². The lowest BCUT2D eigenvalue weighted by atomic mass is 10.3. The van der Waals surface area contributed by atoms with Gasteiger partial charge in [0, 0.05) is 18.5 Å². The van der Waals surface area contributed by atoms with Gasteiger partial charge in [-0.2, -0.15) is 0 Å². The number of rotatable bonds is 1. The Labute approximate surface area is 78.3 Å². The van der Waals surface area contributed by atoms with Gasteiger partial charge in [0.05, 0.1) is 4.92 Å². The highest BCUT2D eigenvalue weighted by Gasteiger charge is 2.36. The zero-order valence-corrected chi connectivity index (χ0v) is 6.93. The molecule has 14 heavy (non-hydrogen) atoms. The molecule has 0 fully saturated rings. The highest BCUT2D eigenvalue weighted by molar-refractivity contribution is 5.71. The van der Waals surface area contributed by atoms with Gasteiger partial charge in [-0.1, -0.05) is 0 Å². The lowest BCUT2D eigenvalue weighted by Gasteiger charge is -2.16. The van der Waals surface area contributed by atoms with Gasteiger partial charge in [-0.25, -0.2) is 0 Å². The molecule has 1 N–H and O–H groups in total. The smallest absolute Gasteiger partial charge is 0.352 e.